The fraction of sp³-hybridized carbons (Fsp3) is 0.462. The van der Waals surface area contributed by atoms with Gasteiger partial charge in [0.1, 0.15) is 5.75 Å². The molecule has 0 spiro atoms. The summed E-state index contributed by atoms with van der Waals surface area (Å²) in [6, 6.07) is 6.22. The molecule has 1 radical (unpaired) electrons. The van der Waals surface area contributed by atoms with Crippen molar-refractivity contribution >= 4 is 15.9 Å². The van der Waals surface area contributed by atoms with Crippen LogP contribution in [0, 0.1) is 5.92 Å². The Morgan fingerprint density at radius 2 is 2.00 bits per heavy atom. The van der Waals surface area contributed by atoms with Crippen LogP contribution in [0.2, 0.25) is 0 Å². The summed E-state index contributed by atoms with van der Waals surface area (Å²) in [5, 5.41) is 0. The largest absolute Gasteiger partial charge is 0.494 e. The second-order valence-electron chi connectivity index (χ2n) is 3.88. The molecule has 0 saturated heterocycles. The zero-order valence-corrected chi connectivity index (χ0v) is 11.2. The molecule has 0 aliphatic carbocycles. The summed E-state index contributed by atoms with van der Waals surface area (Å²) < 4.78 is 6.75. The van der Waals surface area contributed by atoms with Crippen LogP contribution in [-0.4, -0.2) is 6.61 Å². The first-order valence-corrected chi connectivity index (χ1v) is 6.16. The third-order valence-corrected chi connectivity index (χ3v) is 2.67. The molecule has 0 aromatic heterocycles. The first kappa shape index (κ1) is 12.6. The zero-order valence-electron chi connectivity index (χ0n) is 9.64. The Labute approximate surface area is 101 Å². The number of hydrogen-bond donors (Lipinski definition) is 0. The molecule has 83 valence electrons. The molecule has 0 bridgehead atoms. The number of benzene rings is 1. The maximum atomic E-state index is 5.67. The summed E-state index contributed by atoms with van der Waals surface area (Å²) in [4.78, 5) is 0. The van der Waals surface area contributed by atoms with Gasteiger partial charge in [-0.05, 0) is 36.1 Å². The van der Waals surface area contributed by atoms with Crippen LogP contribution in [0.5, 0.6) is 5.75 Å². The monoisotopic (exact) mass is 269 g/mol. The van der Waals surface area contributed by atoms with Gasteiger partial charge < -0.3 is 4.74 Å². The predicted octanol–water partition coefficient (Wildman–Crippen LogP) is 4.59. The van der Waals surface area contributed by atoms with Crippen molar-refractivity contribution in [2.45, 2.75) is 33.6 Å². The maximum Gasteiger partial charge on any atom is 0.120 e. The summed E-state index contributed by atoms with van der Waals surface area (Å²) in [7, 11) is 0. The van der Waals surface area contributed by atoms with E-state index in [4.69, 9.17) is 4.74 Å². The topological polar surface area (TPSA) is 9.23 Å². The van der Waals surface area contributed by atoms with Crippen molar-refractivity contribution in [1.29, 1.82) is 0 Å². The normalized spacial score (nSPS) is 10.7. The Morgan fingerprint density at radius 3 is 2.60 bits per heavy atom. The third-order valence-electron chi connectivity index (χ3n) is 2.22. The van der Waals surface area contributed by atoms with Gasteiger partial charge in [0, 0.05) is 4.47 Å². The third kappa shape index (κ3) is 4.25. The van der Waals surface area contributed by atoms with E-state index in [1.807, 2.05) is 6.07 Å². The lowest BCUT2D eigenvalue weighted by atomic mass is 10.0. The van der Waals surface area contributed by atoms with Crippen LogP contribution in [-0.2, 0) is 0 Å². The number of rotatable bonds is 5. The molecule has 0 aliphatic heterocycles. The smallest absolute Gasteiger partial charge is 0.120 e. The molecule has 0 fully saturated rings. The lowest BCUT2D eigenvalue weighted by molar-refractivity contribution is 0.309. The lowest BCUT2D eigenvalue weighted by Gasteiger charge is -2.10. The zero-order chi connectivity index (χ0) is 11.3. The van der Waals surface area contributed by atoms with E-state index in [-0.39, 0.29) is 0 Å². The standard InChI is InChI=1S/C13H18BrO/c1-4-5-6-15-13-8-11(10(2)3)7-12(14)9-13/h7-9H,4-6H2,1-3H3. The minimum absolute atomic E-state index is 0.801. The van der Waals surface area contributed by atoms with Crippen molar-refractivity contribution < 1.29 is 4.74 Å². The molecule has 0 aliphatic rings. The van der Waals surface area contributed by atoms with E-state index in [0.29, 0.717) is 0 Å². The fourth-order valence-corrected chi connectivity index (χ4v) is 1.74. The molecule has 2 heteroatoms. The summed E-state index contributed by atoms with van der Waals surface area (Å²) in [5.41, 5.74) is 1.23. The Bertz CT molecular complexity index is 307. The van der Waals surface area contributed by atoms with Crippen LogP contribution in [0.1, 0.15) is 39.2 Å². The van der Waals surface area contributed by atoms with Crippen molar-refractivity contribution in [3.8, 4) is 5.75 Å². The molecule has 1 aromatic rings. The van der Waals surface area contributed by atoms with Crippen molar-refractivity contribution in [2.75, 3.05) is 6.61 Å². The van der Waals surface area contributed by atoms with Gasteiger partial charge in [-0.1, -0.05) is 43.1 Å². The van der Waals surface area contributed by atoms with Gasteiger partial charge in [0.15, 0.2) is 0 Å². The van der Waals surface area contributed by atoms with Gasteiger partial charge in [-0.15, -0.1) is 0 Å². The molecule has 0 N–H and O–H groups in total. The average Bonchev–Trinajstić information content (AvgIpc) is 2.17. The highest BCUT2D eigenvalue weighted by atomic mass is 79.9. The highest BCUT2D eigenvalue weighted by molar-refractivity contribution is 9.10. The summed E-state index contributed by atoms with van der Waals surface area (Å²) >= 11 is 3.50. The second kappa shape index (κ2) is 6.16. The maximum absolute atomic E-state index is 5.67. The molecule has 0 amide bonds. The van der Waals surface area contributed by atoms with Gasteiger partial charge in [0.05, 0.1) is 6.61 Å². The average molecular weight is 270 g/mol. The molecule has 0 unspecified atom stereocenters. The van der Waals surface area contributed by atoms with Gasteiger partial charge in [-0.3, -0.25) is 0 Å². The summed E-state index contributed by atoms with van der Waals surface area (Å²) in [6.45, 7) is 7.18. The van der Waals surface area contributed by atoms with Gasteiger partial charge >= 0.3 is 0 Å². The number of unbranched alkanes of at least 4 members (excludes halogenated alkanes) is 1. The Kier molecular flexibility index (Phi) is 5.16. The van der Waals surface area contributed by atoms with Gasteiger partial charge in [0.25, 0.3) is 0 Å². The minimum Gasteiger partial charge on any atom is -0.494 e. The van der Waals surface area contributed by atoms with Crippen molar-refractivity contribution in [1.82, 2.24) is 0 Å². The molecule has 0 heterocycles. The number of hydrogen-bond acceptors (Lipinski definition) is 1. The molecule has 15 heavy (non-hydrogen) atoms. The Morgan fingerprint density at radius 1 is 1.27 bits per heavy atom. The molecular weight excluding hydrogens is 252 g/mol. The van der Waals surface area contributed by atoms with E-state index in [2.05, 4.69) is 48.8 Å². The van der Waals surface area contributed by atoms with Crippen LogP contribution in [0.25, 0.3) is 0 Å². The molecular formula is C13H18BrO. The summed E-state index contributed by atoms with van der Waals surface area (Å²) in [6.07, 6.45) is 2.27. The van der Waals surface area contributed by atoms with Gasteiger partial charge in [0.2, 0.25) is 0 Å². The van der Waals surface area contributed by atoms with E-state index >= 15 is 0 Å². The van der Waals surface area contributed by atoms with Crippen molar-refractivity contribution in [2.24, 2.45) is 0 Å². The van der Waals surface area contributed by atoms with Crippen LogP contribution < -0.4 is 4.74 Å². The van der Waals surface area contributed by atoms with E-state index < -0.39 is 0 Å². The number of ether oxygens (including phenoxy) is 1. The number of halogens is 1. The highest BCUT2D eigenvalue weighted by Gasteiger charge is 2.04. The van der Waals surface area contributed by atoms with Crippen LogP contribution in [0.15, 0.2) is 22.7 Å². The Hall–Kier alpha value is -0.500. The van der Waals surface area contributed by atoms with E-state index in [1.54, 1.807) is 0 Å². The Balaban J connectivity index is 2.71. The van der Waals surface area contributed by atoms with E-state index in [0.717, 1.165) is 23.2 Å². The predicted molar refractivity (Wildman–Crippen MR) is 68.2 cm³/mol. The minimum atomic E-state index is 0.801. The second-order valence-corrected chi connectivity index (χ2v) is 4.79. The lowest BCUT2D eigenvalue weighted by Crippen LogP contribution is -1.98. The van der Waals surface area contributed by atoms with Crippen LogP contribution in [0.3, 0.4) is 0 Å². The first-order chi connectivity index (χ1) is 7.13. The van der Waals surface area contributed by atoms with Crippen molar-refractivity contribution in [3.05, 3.63) is 34.2 Å². The molecule has 1 nitrogen and oxygen atoms in total. The van der Waals surface area contributed by atoms with Gasteiger partial charge in [-0.2, -0.15) is 0 Å². The van der Waals surface area contributed by atoms with Crippen LogP contribution >= 0.6 is 15.9 Å². The van der Waals surface area contributed by atoms with Crippen LogP contribution in [0.4, 0.5) is 0 Å². The molecule has 0 saturated carbocycles. The van der Waals surface area contributed by atoms with Crippen molar-refractivity contribution in [3.63, 3.8) is 0 Å². The highest BCUT2D eigenvalue weighted by Crippen LogP contribution is 2.25. The van der Waals surface area contributed by atoms with E-state index in [1.165, 1.54) is 17.9 Å². The van der Waals surface area contributed by atoms with Gasteiger partial charge in [-0.25, -0.2) is 0 Å². The van der Waals surface area contributed by atoms with E-state index in [9.17, 15) is 0 Å². The molecule has 1 rings (SSSR count). The fourth-order valence-electron chi connectivity index (χ4n) is 1.27. The summed E-state index contributed by atoms with van der Waals surface area (Å²) in [5.74, 6) is 2.26. The molecule has 1 aromatic carbocycles. The first-order valence-electron chi connectivity index (χ1n) is 5.37. The molecule has 0 atom stereocenters. The SMILES string of the molecule is CCCCOc1cc(Br)cc([C](C)C)c1. The quantitative estimate of drug-likeness (QED) is 0.711.